The molecule has 3 rings (SSSR count). The second kappa shape index (κ2) is 4.74. The predicted molar refractivity (Wildman–Crippen MR) is 74.1 cm³/mol. The van der Waals surface area contributed by atoms with Gasteiger partial charge >= 0.3 is 0 Å². The van der Waals surface area contributed by atoms with E-state index >= 15 is 0 Å². The molecule has 0 unspecified atom stereocenters. The molecular formula is C13H12FN3O3S. The molecule has 6 nitrogen and oxygen atoms in total. The van der Waals surface area contributed by atoms with E-state index in [1.807, 2.05) is 0 Å². The van der Waals surface area contributed by atoms with Gasteiger partial charge in [-0.2, -0.15) is 0 Å². The van der Waals surface area contributed by atoms with Gasteiger partial charge in [0.25, 0.3) is 5.91 Å². The van der Waals surface area contributed by atoms with Crippen molar-refractivity contribution in [1.29, 1.82) is 0 Å². The third kappa shape index (κ3) is 2.47. The predicted octanol–water partition coefficient (Wildman–Crippen LogP) is 0.310. The zero-order chi connectivity index (χ0) is 15.2. The Labute approximate surface area is 120 Å². The number of hydrogen-bond acceptors (Lipinski definition) is 4. The van der Waals surface area contributed by atoms with E-state index in [9.17, 15) is 17.6 Å². The maximum atomic E-state index is 14.0. The summed E-state index contributed by atoms with van der Waals surface area (Å²) in [4.78, 5) is 17.5. The van der Waals surface area contributed by atoms with Gasteiger partial charge in [0.15, 0.2) is 0 Å². The smallest absolute Gasteiger partial charge is 0.257 e. The van der Waals surface area contributed by atoms with E-state index < -0.39 is 21.7 Å². The van der Waals surface area contributed by atoms with Gasteiger partial charge in [-0.15, -0.1) is 0 Å². The van der Waals surface area contributed by atoms with Crippen LogP contribution in [0.2, 0.25) is 0 Å². The summed E-state index contributed by atoms with van der Waals surface area (Å²) in [5.41, 5.74) is 1.88. The molecule has 0 atom stereocenters. The van der Waals surface area contributed by atoms with Crippen LogP contribution >= 0.6 is 0 Å². The third-order valence-electron chi connectivity index (χ3n) is 3.51. The number of amides is 1. The summed E-state index contributed by atoms with van der Waals surface area (Å²) in [7, 11) is -3.99. The molecule has 0 radical (unpaired) electrons. The molecule has 2 aliphatic heterocycles. The third-order valence-corrected chi connectivity index (χ3v) is 4.42. The first-order valence-electron chi connectivity index (χ1n) is 6.18. The minimum atomic E-state index is -3.99. The molecule has 0 aliphatic carbocycles. The maximum Gasteiger partial charge on any atom is 0.257 e. The lowest BCUT2D eigenvalue weighted by molar-refractivity contribution is 0.0792. The highest BCUT2D eigenvalue weighted by molar-refractivity contribution is 7.89. The van der Waals surface area contributed by atoms with Gasteiger partial charge in [0.1, 0.15) is 5.82 Å². The molecule has 0 saturated heterocycles. The molecule has 0 spiro atoms. The van der Waals surface area contributed by atoms with Crippen molar-refractivity contribution >= 4 is 22.1 Å². The lowest BCUT2D eigenvalue weighted by atomic mass is 10.2. The van der Waals surface area contributed by atoms with Crippen LogP contribution in [0.15, 0.2) is 39.2 Å². The van der Waals surface area contributed by atoms with Gasteiger partial charge in [-0.1, -0.05) is 0 Å². The largest absolute Gasteiger partial charge is 0.330 e. The Morgan fingerprint density at radius 3 is 2.71 bits per heavy atom. The summed E-state index contributed by atoms with van der Waals surface area (Å²) < 4.78 is 36.3. The van der Waals surface area contributed by atoms with Crippen LogP contribution in [0.25, 0.3) is 0 Å². The number of nitrogens with two attached hydrogens (primary N) is 1. The second-order valence-electron chi connectivity index (χ2n) is 4.95. The van der Waals surface area contributed by atoms with E-state index in [0.29, 0.717) is 19.6 Å². The highest BCUT2D eigenvalue weighted by Crippen LogP contribution is 2.23. The fraction of sp³-hybridized carbons (Fsp3) is 0.231. The molecule has 2 heterocycles. The number of carbonyl (C=O) groups is 1. The van der Waals surface area contributed by atoms with Crippen LogP contribution < -0.4 is 5.14 Å². The van der Waals surface area contributed by atoms with E-state index in [-0.39, 0.29) is 10.5 Å². The van der Waals surface area contributed by atoms with E-state index in [1.165, 1.54) is 4.90 Å². The molecule has 0 fully saturated rings. The molecule has 2 N–H and O–H groups in total. The summed E-state index contributed by atoms with van der Waals surface area (Å²) in [6, 6.07) is 3.04. The molecule has 0 saturated carbocycles. The van der Waals surface area contributed by atoms with Gasteiger partial charge in [0, 0.05) is 19.3 Å². The van der Waals surface area contributed by atoms with Crippen molar-refractivity contribution in [1.82, 2.24) is 4.90 Å². The minimum Gasteiger partial charge on any atom is -0.330 e. The highest BCUT2D eigenvalue weighted by atomic mass is 32.2. The minimum absolute atomic E-state index is 0.166. The monoisotopic (exact) mass is 309 g/mol. The van der Waals surface area contributed by atoms with Crippen LogP contribution in [0.5, 0.6) is 0 Å². The van der Waals surface area contributed by atoms with Crippen LogP contribution in [-0.4, -0.2) is 45.1 Å². The molecule has 0 aromatic heterocycles. The number of aliphatic imine (C=N–C) groups is 1. The van der Waals surface area contributed by atoms with Gasteiger partial charge in [0.05, 0.1) is 17.0 Å². The molecule has 110 valence electrons. The highest BCUT2D eigenvalue weighted by Gasteiger charge is 2.29. The van der Waals surface area contributed by atoms with Gasteiger partial charge in [-0.3, -0.25) is 9.79 Å². The SMILES string of the molecule is NS(=O)(=O)c1ccc(C(=O)N2CC3=C(CN=C3)C2)c(F)c1. The van der Waals surface area contributed by atoms with E-state index in [0.717, 1.165) is 29.3 Å². The Hall–Kier alpha value is -2.06. The lowest BCUT2D eigenvalue weighted by Crippen LogP contribution is -2.31. The number of hydrogen-bond donors (Lipinski definition) is 1. The van der Waals surface area contributed by atoms with Gasteiger partial charge in [-0.05, 0) is 29.3 Å². The second-order valence-corrected chi connectivity index (χ2v) is 6.51. The van der Waals surface area contributed by atoms with Crippen molar-refractivity contribution in [2.75, 3.05) is 19.6 Å². The lowest BCUT2D eigenvalue weighted by Gasteiger charge is -2.17. The first kappa shape index (κ1) is 13.9. The number of primary sulfonamides is 1. The Bertz CT molecular complexity index is 799. The van der Waals surface area contributed by atoms with Crippen molar-refractivity contribution in [3.8, 4) is 0 Å². The quantitative estimate of drug-likeness (QED) is 0.852. The van der Waals surface area contributed by atoms with Crippen LogP contribution in [0.3, 0.4) is 0 Å². The molecule has 2 aliphatic rings. The van der Waals surface area contributed by atoms with Crippen LogP contribution in [-0.2, 0) is 10.0 Å². The van der Waals surface area contributed by atoms with E-state index in [4.69, 9.17) is 5.14 Å². The number of rotatable bonds is 2. The Balaban J connectivity index is 1.85. The Kier molecular flexibility index (Phi) is 3.14. The summed E-state index contributed by atoms with van der Waals surface area (Å²) in [6.45, 7) is 1.39. The van der Waals surface area contributed by atoms with Crippen molar-refractivity contribution in [2.45, 2.75) is 4.90 Å². The van der Waals surface area contributed by atoms with Crippen LogP contribution in [0.1, 0.15) is 10.4 Å². The molecule has 21 heavy (non-hydrogen) atoms. The van der Waals surface area contributed by atoms with Gasteiger partial charge < -0.3 is 4.90 Å². The number of nitrogens with zero attached hydrogens (tertiary/aromatic N) is 2. The number of halogens is 1. The number of carbonyl (C=O) groups excluding carboxylic acids is 1. The van der Waals surface area contributed by atoms with Gasteiger partial charge in [0.2, 0.25) is 10.0 Å². The standard InChI is InChI=1S/C13H12FN3O3S/c14-12-3-10(21(15,19)20)1-2-11(12)13(18)17-6-8-4-16-5-9(8)7-17/h1-4H,5-7H2,(H2,15,19,20). The fourth-order valence-electron chi connectivity index (χ4n) is 2.42. The molecule has 1 aromatic rings. The molecule has 1 amide bonds. The first-order valence-corrected chi connectivity index (χ1v) is 7.73. The van der Waals surface area contributed by atoms with Gasteiger partial charge in [-0.25, -0.2) is 17.9 Å². The van der Waals surface area contributed by atoms with E-state index in [1.54, 1.807) is 6.21 Å². The molecule has 0 bridgehead atoms. The Morgan fingerprint density at radius 2 is 2.10 bits per heavy atom. The van der Waals surface area contributed by atoms with Crippen molar-refractivity contribution in [2.24, 2.45) is 10.1 Å². The summed E-state index contributed by atoms with van der Waals surface area (Å²) in [6.07, 6.45) is 1.73. The Morgan fingerprint density at radius 1 is 1.33 bits per heavy atom. The summed E-state index contributed by atoms with van der Waals surface area (Å²) in [5.74, 6) is -1.37. The molecule has 1 aromatic carbocycles. The maximum absolute atomic E-state index is 14.0. The molecular weight excluding hydrogens is 297 g/mol. The normalized spacial score (nSPS) is 17.5. The number of benzene rings is 1. The van der Waals surface area contributed by atoms with Crippen molar-refractivity contribution in [3.05, 3.63) is 40.7 Å². The van der Waals surface area contributed by atoms with Crippen molar-refractivity contribution < 1.29 is 17.6 Å². The summed E-state index contributed by atoms with van der Waals surface area (Å²) in [5, 5.41) is 4.92. The van der Waals surface area contributed by atoms with E-state index in [2.05, 4.69) is 4.99 Å². The van der Waals surface area contributed by atoms with Crippen molar-refractivity contribution in [3.63, 3.8) is 0 Å². The fourth-order valence-corrected chi connectivity index (χ4v) is 2.94. The summed E-state index contributed by atoms with van der Waals surface area (Å²) >= 11 is 0. The van der Waals surface area contributed by atoms with Crippen LogP contribution in [0.4, 0.5) is 4.39 Å². The average Bonchev–Trinajstić information content (AvgIpc) is 2.97. The topological polar surface area (TPSA) is 92.8 Å². The zero-order valence-corrected chi connectivity index (χ0v) is 11.7. The first-order chi connectivity index (χ1) is 9.86. The average molecular weight is 309 g/mol. The number of sulfonamides is 1. The zero-order valence-electron chi connectivity index (χ0n) is 10.9. The molecule has 8 heteroatoms. The van der Waals surface area contributed by atoms with Crippen LogP contribution in [0, 0.1) is 5.82 Å².